The van der Waals surface area contributed by atoms with Gasteiger partial charge in [-0.05, 0) is 20.8 Å². The molecule has 0 spiro atoms. The van der Waals surface area contributed by atoms with Gasteiger partial charge >= 0.3 is 18.1 Å². The van der Waals surface area contributed by atoms with E-state index >= 15 is 0 Å². The van der Waals surface area contributed by atoms with Gasteiger partial charge in [-0.25, -0.2) is 19.4 Å². The van der Waals surface area contributed by atoms with Crippen molar-refractivity contribution in [3.63, 3.8) is 0 Å². The first-order chi connectivity index (χ1) is 8.01. The summed E-state index contributed by atoms with van der Waals surface area (Å²) in [5.41, 5.74) is -0.0623. The molecule has 0 bridgehead atoms. The number of hydrogen-bond donors (Lipinski definition) is 0. The maximum Gasteiger partial charge on any atom is 0.549 e. The third-order valence-electron chi connectivity index (χ3n) is 1.39. The Hall–Kier alpha value is -2.05. The van der Waals surface area contributed by atoms with Gasteiger partial charge in [0.2, 0.25) is 0 Å². The van der Waals surface area contributed by atoms with E-state index in [1.807, 2.05) is 0 Å². The second-order valence-electron chi connectivity index (χ2n) is 2.72. The maximum absolute atomic E-state index is 11.2. The fourth-order valence-electron chi connectivity index (χ4n) is 0.699. The molecule has 0 aliphatic heterocycles. The SMILES string of the molecule is CCOC(=O)C=C(C)C(=O)OOC(=O)OCC. The van der Waals surface area contributed by atoms with Crippen molar-refractivity contribution in [3.05, 3.63) is 11.6 Å². The van der Waals surface area contributed by atoms with Crippen LogP contribution in [-0.4, -0.2) is 31.3 Å². The Morgan fingerprint density at radius 3 is 2.12 bits per heavy atom. The predicted octanol–water partition coefficient (Wildman–Crippen LogP) is 1.13. The van der Waals surface area contributed by atoms with E-state index in [-0.39, 0.29) is 18.8 Å². The summed E-state index contributed by atoms with van der Waals surface area (Å²) < 4.78 is 8.91. The van der Waals surface area contributed by atoms with Gasteiger partial charge in [0, 0.05) is 11.6 Å². The Balaban J connectivity index is 4.13. The van der Waals surface area contributed by atoms with E-state index in [0.717, 1.165) is 6.08 Å². The molecule has 0 aliphatic rings. The van der Waals surface area contributed by atoms with Gasteiger partial charge < -0.3 is 9.47 Å². The summed E-state index contributed by atoms with van der Waals surface area (Å²) in [6, 6.07) is 0. The lowest BCUT2D eigenvalue weighted by molar-refractivity contribution is -0.238. The van der Waals surface area contributed by atoms with E-state index in [2.05, 4.69) is 19.2 Å². The van der Waals surface area contributed by atoms with E-state index < -0.39 is 18.1 Å². The molecule has 17 heavy (non-hydrogen) atoms. The van der Waals surface area contributed by atoms with Crippen molar-refractivity contribution in [2.45, 2.75) is 20.8 Å². The van der Waals surface area contributed by atoms with Gasteiger partial charge in [0.1, 0.15) is 0 Å². The minimum atomic E-state index is -1.13. The zero-order valence-electron chi connectivity index (χ0n) is 9.85. The zero-order chi connectivity index (χ0) is 13.3. The van der Waals surface area contributed by atoms with Crippen LogP contribution >= 0.6 is 0 Å². The first-order valence-electron chi connectivity index (χ1n) is 4.91. The second kappa shape index (κ2) is 8.14. The molecule has 7 heteroatoms. The lowest BCUT2D eigenvalue weighted by Crippen LogP contribution is -2.14. The van der Waals surface area contributed by atoms with Crippen LogP contribution < -0.4 is 0 Å². The number of rotatable bonds is 4. The minimum Gasteiger partial charge on any atom is -0.463 e. The monoisotopic (exact) mass is 246 g/mol. The average molecular weight is 246 g/mol. The summed E-state index contributed by atoms with van der Waals surface area (Å²) in [5, 5.41) is 0. The Kier molecular flexibility index (Phi) is 7.16. The van der Waals surface area contributed by atoms with Gasteiger partial charge in [0.25, 0.3) is 0 Å². The molecule has 0 radical (unpaired) electrons. The molecule has 0 fully saturated rings. The van der Waals surface area contributed by atoms with E-state index in [1.165, 1.54) is 6.92 Å². The molecule has 0 aromatic carbocycles. The highest BCUT2D eigenvalue weighted by Crippen LogP contribution is 1.99. The molecule has 0 aliphatic carbocycles. The van der Waals surface area contributed by atoms with E-state index in [0.29, 0.717) is 0 Å². The quantitative estimate of drug-likeness (QED) is 0.318. The molecule has 0 aromatic heterocycles. The van der Waals surface area contributed by atoms with Crippen LogP contribution in [0.25, 0.3) is 0 Å². The largest absolute Gasteiger partial charge is 0.549 e. The number of ether oxygens (including phenoxy) is 2. The Morgan fingerprint density at radius 1 is 1.00 bits per heavy atom. The van der Waals surface area contributed by atoms with Crippen LogP contribution in [0.1, 0.15) is 20.8 Å². The Morgan fingerprint density at radius 2 is 1.59 bits per heavy atom. The summed E-state index contributed by atoms with van der Waals surface area (Å²) in [6.07, 6.45) is -0.204. The summed E-state index contributed by atoms with van der Waals surface area (Å²) >= 11 is 0. The van der Waals surface area contributed by atoms with Crippen LogP contribution in [0.2, 0.25) is 0 Å². The van der Waals surface area contributed by atoms with Gasteiger partial charge in [-0.1, -0.05) is 0 Å². The van der Waals surface area contributed by atoms with Gasteiger partial charge in [-0.3, -0.25) is 0 Å². The van der Waals surface area contributed by atoms with Crippen LogP contribution in [0.3, 0.4) is 0 Å². The van der Waals surface area contributed by atoms with Gasteiger partial charge in [-0.15, -0.1) is 0 Å². The van der Waals surface area contributed by atoms with Crippen LogP contribution in [0.15, 0.2) is 11.6 Å². The third-order valence-corrected chi connectivity index (χ3v) is 1.39. The minimum absolute atomic E-state index is 0.0623. The summed E-state index contributed by atoms with van der Waals surface area (Å²) in [6.45, 7) is 4.79. The molecule has 0 aromatic rings. The standard InChI is InChI=1S/C10H14O7/c1-4-14-8(11)6-7(3)9(12)16-17-10(13)15-5-2/h6H,4-5H2,1-3H3. The zero-order valence-corrected chi connectivity index (χ0v) is 9.85. The van der Waals surface area contributed by atoms with Crippen molar-refractivity contribution in [1.82, 2.24) is 0 Å². The van der Waals surface area contributed by atoms with Crippen molar-refractivity contribution in [1.29, 1.82) is 0 Å². The molecule has 96 valence electrons. The second-order valence-corrected chi connectivity index (χ2v) is 2.72. The van der Waals surface area contributed by atoms with Gasteiger partial charge in [0.15, 0.2) is 0 Å². The highest BCUT2D eigenvalue weighted by molar-refractivity contribution is 5.95. The molecule has 0 unspecified atom stereocenters. The van der Waals surface area contributed by atoms with E-state index in [1.54, 1.807) is 13.8 Å². The lowest BCUT2D eigenvalue weighted by Gasteiger charge is -2.02. The van der Waals surface area contributed by atoms with Crippen LogP contribution in [0.4, 0.5) is 4.79 Å². The molecule has 0 heterocycles. The van der Waals surface area contributed by atoms with Crippen molar-refractivity contribution in [3.8, 4) is 0 Å². The highest BCUT2D eigenvalue weighted by Gasteiger charge is 2.13. The Labute approximate surface area is 98.2 Å². The lowest BCUT2D eigenvalue weighted by atomic mass is 10.3. The van der Waals surface area contributed by atoms with E-state index in [9.17, 15) is 14.4 Å². The summed E-state index contributed by atoms with van der Waals surface area (Å²) in [4.78, 5) is 40.9. The normalized spacial score (nSPS) is 10.4. The summed E-state index contributed by atoms with van der Waals surface area (Å²) in [7, 11) is 0. The fourth-order valence-corrected chi connectivity index (χ4v) is 0.699. The molecule has 0 rings (SSSR count). The Bertz CT molecular complexity index is 319. The molecule has 0 amide bonds. The van der Waals surface area contributed by atoms with Crippen molar-refractivity contribution < 1.29 is 33.6 Å². The topological polar surface area (TPSA) is 88.1 Å². The molecular weight excluding hydrogens is 232 g/mol. The molecule has 0 atom stereocenters. The predicted molar refractivity (Wildman–Crippen MR) is 54.6 cm³/mol. The number of hydrogen-bond acceptors (Lipinski definition) is 7. The maximum atomic E-state index is 11.2. The van der Waals surface area contributed by atoms with Crippen LogP contribution in [0, 0.1) is 0 Å². The molecule has 0 saturated carbocycles. The number of carbonyl (C=O) groups excluding carboxylic acids is 3. The third kappa shape index (κ3) is 6.93. The molecule has 7 nitrogen and oxygen atoms in total. The molecule has 0 saturated heterocycles. The number of carbonyl (C=O) groups is 3. The van der Waals surface area contributed by atoms with Crippen LogP contribution in [0.5, 0.6) is 0 Å². The van der Waals surface area contributed by atoms with Gasteiger partial charge in [0.05, 0.1) is 13.2 Å². The summed E-state index contributed by atoms with van der Waals surface area (Å²) in [5.74, 6) is -1.66. The van der Waals surface area contributed by atoms with Gasteiger partial charge in [-0.2, -0.15) is 4.79 Å². The highest BCUT2D eigenvalue weighted by atomic mass is 17.2. The molecule has 0 N–H and O–H groups in total. The smallest absolute Gasteiger partial charge is 0.463 e. The van der Waals surface area contributed by atoms with Crippen LogP contribution in [-0.2, 0) is 28.8 Å². The van der Waals surface area contributed by atoms with Crippen molar-refractivity contribution >= 4 is 18.1 Å². The molecular formula is C10H14O7. The van der Waals surface area contributed by atoms with Crippen molar-refractivity contribution in [2.75, 3.05) is 13.2 Å². The average Bonchev–Trinajstić information content (AvgIpc) is 2.26. The first kappa shape index (κ1) is 14.9. The van der Waals surface area contributed by atoms with E-state index in [4.69, 9.17) is 0 Å². The number of esters is 1. The first-order valence-corrected chi connectivity index (χ1v) is 4.91. The van der Waals surface area contributed by atoms with Crippen molar-refractivity contribution in [2.24, 2.45) is 0 Å². The fraction of sp³-hybridized carbons (Fsp3) is 0.500.